The van der Waals surface area contributed by atoms with Gasteiger partial charge in [0.25, 0.3) is 5.78 Å². The van der Waals surface area contributed by atoms with Crippen LogP contribution >= 0.6 is 22.6 Å². The van der Waals surface area contributed by atoms with Crippen LogP contribution in [0.25, 0.3) is 0 Å². The maximum atomic E-state index is 12.8. The molecule has 0 aliphatic heterocycles. The topological polar surface area (TPSA) is 17.1 Å². The van der Waals surface area contributed by atoms with E-state index in [2.05, 4.69) is 0 Å². The minimum Gasteiger partial charge on any atom is -0.284 e. The van der Waals surface area contributed by atoms with Crippen molar-refractivity contribution in [2.75, 3.05) is 0 Å². The average Bonchev–Trinajstić information content (AvgIpc) is 2.06. The minimum absolute atomic E-state index is 0.372. The number of carbonyl (C=O) groups excluding carboxylic acids is 1. The van der Waals surface area contributed by atoms with Crippen LogP contribution in [0.2, 0.25) is 0 Å². The molecule has 0 atom stereocenters. The molecule has 0 heterocycles. The Kier molecular flexibility index (Phi) is 3.13. The fourth-order valence-electron chi connectivity index (χ4n) is 0.824. The van der Waals surface area contributed by atoms with E-state index in [0.717, 1.165) is 12.1 Å². The number of rotatable bonds is 1. The maximum Gasteiger partial charge on any atom is 0.454 e. The summed E-state index contributed by atoms with van der Waals surface area (Å²) in [6.07, 6.45) is -5.04. The largest absolute Gasteiger partial charge is 0.454 e. The summed E-state index contributed by atoms with van der Waals surface area (Å²) in [6, 6.07) is 2.98. The van der Waals surface area contributed by atoms with Crippen molar-refractivity contribution in [3.63, 3.8) is 0 Å². The molecule has 0 aliphatic rings. The summed E-state index contributed by atoms with van der Waals surface area (Å²) in [5.74, 6) is -3.32. The van der Waals surface area contributed by atoms with E-state index in [0.29, 0.717) is 3.57 Å². The molecule has 1 nitrogen and oxygen atoms in total. The van der Waals surface area contributed by atoms with E-state index < -0.39 is 23.3 Å². The SMILES string of the molecule is O=C(c1cc(I)ccc1F)C(F)(F)F. The molecule has 1 aromatic carbocycles. The lowest BCUT2D eigenvalue weighted by molar-refractivity contribution is -0.0887. The number of Topliss-reactive ketones (excluding diaryl/α,β-unsaturated/α-hetero) is 1. The van der Waals surface area contributed by atoms with Gasteiger partial charge in [-0.1, -0.05) is 0 Å². The molecule has 1 rings (SSSR count). The Hall–Kier alpha value is -0.660. The summed E-state index contributed by atoms with van der Waals surface area (Å²) in [5, 5.41) is 0. The van der Waals surface area contributed by atoms with Gasteiger partial charge in [-0.25, -0.2) is 4.39 Å². The molecule has 0 fully saturated rings. The highest BCUT2D eigenvalue weighted by molar-refractivity contribution is 14.1. The van der Waals surface area contributed by atoms with Gasteiger partial charge in [-0.05, 0) is 40.8 Å². The van der Waals surface area contributed by atoms with Crippen LogP contribution in [0.5, 0.6) is 0 Å². The predicted molar refractivity (Wildman–Crippen MR) is 49.5 cm³/mol. The Morgan fingerprint density at radius 3 is 2.36 bits per heavy atom. The van der Waals surface area contributed by atoms with E-state index in [1.165, 1.54) is 6.07 Å². The third-order valence-electron chi connectivity index (χ3n) is 1.43. The molecule has 0 aromatic heterocycles. The average molecular weight is 318 g/mol. The van der Waals surface area contributed by atoms with Gasteiger partial charge in [-0.2, -0.15) is 13.2 Å². The molecule has 0 N–H and O–H groups in total. The molecule has 0 unspecified atom stereocenters. The number of hydrogen-bond donors (Lipinski definition) is 0. The first-order valence-corrected chi connectivity index (χ1v) is 4.47. The zero-order chi connectivity index (χ0) is 10.9. The molecular weight excluding hydrogens is 315 g/mol. The van der Waals surface area contributed by atoms with Crippen LogP contribution < -0.4 is 0 Å². The molecule has 0 spiro atoms. The summed E-state index contributed by atoms with van der Waals surface area (Å²) in [7, 11) is 0. The molecule has 0 amide bonds. The second kappa shape index (κ2) is 3.84. The van der Waals surface area contributed by atoms with Crippen molar-refractivity contribution in [3.05, 3.63) is 33.1 Å². The molecule has 0 radical (unpaired) electrons. The van der Waals surface area contributed by atoms with Crippen LogP contribution in [0.3, 0.4) is 0 Å². The second-order valence-electron chi connectivity index (χ2n) is 2.45. The summed E-state index contributed by atoms with van der Waals surface area (Å²) in [5.41, 5.74) is -0.940. The highest BCUT2D eigenvalue weighted by Crippen LogP contribution is 2.24. The Morgan fingerprint density at radius 1 is 1.29 bits per heavy atom. The maximum absolute atomic E-state index is 12.8. The highest BCUT2D eigenvalue weighted by Gasteiger charge is 2.40. The normalized spacial score (nSPS) is 11.5. The summed E-state index contributed by atoms with van der Waals surface area (Å²) in [4.78, 5) is 10.7. The van der Waals surface area contributed by atoms with Gasteiger partial charge in [-0.15, -0.1) is 0 Å². The predicted octanol–water partition coefficient (Wildman–Crippen LogP) is 3.18. The third-order valence-corrected chi connectivity index (χ3v) is 2.10. The molecular formula is C8H3F4IO. The van der Waals surface area contributed by atoms with Crippen LogP contribution in [0.4, 0.5) is 17.6 Å². The van der Waals surface area contributed by atoms with Crippen molar-refractivity contribution in [2.24, 2.45) is 0 Å². The number of ketones is 1. The number of halogens is 5. The number of alkyl halides is 3. The van der Waals surface area contributed by atoms with Crippen LogP contribution in [0, 0.1) is 9.39 Å². The van der Waals surface area contributed by atoms with Crippen LogP contribution in [-0.4, -0.2) is 12.0 Å². The molecule has 14 heavy (non-hydrogen) atoms. The van der Waals surface area contributed by atoms with E-state index in [1.54, 1.807) is 22.6 Å². The second-order valence-corrected chi connectivity index (χ2v) is 3.70. The Balaban J connectivity index is 3.19. The van der Waals surface area contributed by atoms with Crippen LogP contribution in [0.1, 0.15) is 10.4 Å². The van der Waals surface area contributed by atoms with Crippen molar-refractivity contribution in [2.45, 2.75) is 6.18 Å². The number of carbonyl (C=O) groups is 1. The molecule has 1 aromatic rings. The van der Waals surface area contributed by atoms with Crippen molar-refractivity contribution < 1.29 is 22.4 Å². The van der Waals surface area contributed by atoms with Gasteiger partial charge < -0.3 is 0 Å². The summed E-state index contributed by atoms with van der Waals surface area (Å²) >= 11 is 1.70. The van der Waals surface area contributed by atoms with Crippen LogP contribution in [-0.2, 0) is 0 Å². The number of benzene rings is 1. The molecule has 76 valence electrons. The van der Waals surface area contributed by atoms with Gasteiger partial charge in [0, 0.05) is 3.57 Å². The van der Waals surface area contributed by atoms with E-state index in [4.69, 9.17) is 0 Å². The zero-order valence-corrected chi connectivity index (χ0v) is 8.69. The first kappa shape index (κ1) is 11.4. The van der Waals surface area contributed by atoms with E-state index in [1.807, 2.05) is 0 Å². The lowest BCUT2D eigenvalue weighted by Gasteiger charge is -2.06. The molecule has 0 aliphatic carbocycles. The van der Waals surface area contributed by atoms with E-state index in [9.17, 15) is 22.4 Å². The van der Waals surface area contributed by atoms with Gasteiger partial charge in [0.1, 0.15) is 5.82 Å². The molecule has 0 bridgehead atoms. The van der Waals surface area contributed by atoms with Gasteiger partial charge in [0.15, 0.2) is 0 Å². The Labute approximate surface area is 90.2 Å². The van der Waals surface area contributed by atoms with Gasteiger partial charge in [0.05, 0.1) is 5.56 Å². The van der Waals surface area contributed by atoms with Crippen molar-refractivity contribution in [1.82, 2.24) is 0 Å². The van der Waals surface area contributed by atoms with Crippen molar-refractivity contribution in [1.29, 1.82) is 0 Å². The molecule has 0 saturated heterocycles. The van der Waals surface area contributed by atoms with Crippen molar-refractivity contribution >= 4 is 28.4 Å². The fraction of sp³-hybridized carbons (Fsp3) is 0.125. The lowest BCUT2D eigenvalue weighted by Crippen LogP contribution is -2.23. The summed E-state index contributed by atoms with van der Waals surface area (Å²) < 4.78 is 49.0. The first-order valence-electron chi connectivity index (χ1n) is 3.39. The molecule has 6 heteroatoms. The van der Waals surface area contributed by atoms with Gasteiger partial charge >= 0.3 is 6.18 Å². The Morgan fingerprint density at radius 2 is 1.86 bits per heavy atom. The van der Waals surface area contributed by atoms with E-state index >= 15 is 0 Å². The monoisotopic (exact) mass is 318 g/mol. The van der Waals surface area contributed by atoms with Crippen molar-refractivity contribution in [3.8, 4) is 0 Å². The zero-order valence-electron chi connectivity index (χ0n) is 6.53. The number of hydrogen-bond acceptors (Lipinski definition) is 1. The summed E-state index contributed by atoms with van der Waals surface area (Å²) in [6.45, 7) is 0. The lowest BCUT2D eigenvalue weighted by atomic mass is 10.1. The minimum atomic E-state index is -5.04. The quantitative estimate of drug-likeness (QED) is 0.442. The van der Waals surface area contributed by atoms with Gasteiger partial charge in [-0.3, -0.25) is 4.79 Å². The van der Waals surface area contributed by atoms with E-state index in [-0.39, 0.29) is 0 Å². The smallest absolute Gasteiger partial charge is 0.284 e. The first-order chi connectivity index (χ1) is 6.32. The standard InChI is InChI=1S/C8H3F4IO/c9-6-2-1-4(13)3-5(6)7(14)8(10,11)12/h1-3H. The van der Waals surface area contributed by atoms with Gasteiger partial charge in [0.2, 0.25) is 0 Å². The third kappa shape index (κ3) is 2.43. The Bertz CT molecular complexity index is 372. The highest BCUT2D eigenvalue weighted by atomic mass is 127. The fourth-order valence-corrected chi connectivity index (χ4v) is 1.32. The molecule has 0 saturated carbocycles. The van der Waals surface area contributed by atoms with Crippen LogP contribution in [0.15, 0.2) is 18.2 Å².